The number of aromatic amines is 2. The Balaban J connectivity index is 0.000000467. The van der Waals surface area contributed by atoms with Crippen LogP contribution in [-0.4, -0.2) is 76.5 Å². The van der Waals surface area contributed by atoms with Gasteiger partial charge in [0, 0.05) is 43.5 Å². The van der Waals surface area contributed by atoms with Crippen molar-refractivity contribution in [3.63, 3.8) is 0 Å². The number of fused-ring (bicyclic) bond motifs is 2. The fourth-order valence-electron chi connectivity index (χ4n) is 5.88. The molecule has 4 heterocycles. The maximum atomic E-state index is 11.4. The number of carbonyl (C=O) groups excluding carboxylic acids is 2. The summed E-state index contributed by atoms with van der Waals surface area (Å²) in [6.45, 7) is 17.8. The summed E-state index contributed by atoms with van der Waals surface area (Å²) in [6, 6.07) is 18.0. The molecule has 63 heavy (non-hydrogen) atoms. The van der Waals surface area contributed by atoms with Crippen molar-refractivity contribution < 1.29 is 21.2 Å². The zero-order chi connectivity index (χ0) is 46.6. The van der Waals surface area contributed by atoms with Crippen LogP contribution in [0.3, 0.4) is 0 Å². The van der Waals surface area contributed by atoms with Crippen LogP contribution in [0.5, 0.6) is 11.5 Å². The van der Waals surface area contributed by atoms with Gasteiger partial charge in [-0.05, 0) is 145 Å². The van der Waals surface area contributed by atoms with Crippen molar-refractivity contribution in [1.82, 2.24) is 24.8 Å². The van der Waals surface area contributed by atoms with Crippen LogP contribution in [0, 0.1) is 0 Å². The van der Waals surface area contributed by atoms with E-state index in [0.29, 0.717) is 24.5 Å². The van der Waals surface area contributed by atoms with E-state index in [4.69, 9.17) is 19.3 Å². The number of nitrogens with one attached hydrogen (secondary N) is 4. The Morgan fingerprint density at radius 2 is 1.29 bits per heavy atom. The van der Waals surface area contributed by atoms with E-state index in [9.17, 15) is 19.8 Å². The van der Waals surface area contributed by atoms with Crippen molar-refractivity contribution in [2.75, 3.05) is 30.3 Å². The number of benzene rings is 2. The van der Waals surface area contributed by atoms with Crippen LogP contribution >= 0.6 is 24.4 Å². The van der Waals surface area contributed by atoms with Crippen LogP contribution in [0.25, 0.3) is 22.1 Å². The number of amides is 2. The van der Waals surface area contributed by atoms with Gasteiger partial charge in [-0.25, -0.2) is 15.0 Å². The molecule has 0 fully saturated rings. The van der Waals surface area contributed by atoms with Crippen LogP contribution in [0.1, 0.15) is 72.1 Å². The fourth-order valence-corrected chi connectivity index (χ4v) is 6.15. The van der Waals surface area contributed by atoms with Crippen LogP contribution in [0.4, 0.5) is 11.4 Å². The number of anilines is 2. The smallest absolute Gasteiger partial charge is 0.247 e. The second-order valence-electron chi connectivity index (χ2n) is 13.3. The molecule has 0 aliphatic carbocycles. The third-order valence-corrected chi connectivity index (χ3v) is 9.90. The van der Waals surface area contributed by atoms with E-state index in [2.05, 4.69) is 91.8 Å². The Morgan fingerprint density at radius 1 is 0.810 bits per heavy atom. The minimum Gasteiger partial charge on any atom is -0.506 e. The molecule has 4 aromatic heterocycles. The third kappa shape index (κ3) is 18.3. The lowest BCUT2D eigenvalue weighted by molar-refractivity contribution is -0.112. The molecule has 0 atom stereocenters. The average molecular weight is 895 g/mol. The number of aryl methyl sites for hydroxylation is 2. The number of H-pyrrole nitrogens is 2. The summed E-state index contributed by atoms with van der Waals surface area (Å²) in [5.41, 5.74) is 12.1. The molecule has 0 radical (unpaired) electrons. The topological polar surface area (TPSA) is 198 Å². The van der Waals surface area contributed by atoms with E-state index >= 15 is 0 Å². The Kier molecular flexibility index (Phi) is 25.0. The van der Waals surface area contributed by atoms with Crippen LogP contribution in [0.15, 0.2) is 116 Å². The Labute approximate surface area is 384 Å². The Bertz CT molecular complexity index is 2420. The number of rotatable bonds is 16. The summed E-state index contributed by atoms with van der Waals surface area (Å²) in [7, 11) is 1.25. The third-order valence-electron chi connectivity index (χ3n) is 9.37. The second kappa shape index (κ2) is 29.8. The summed E-state index contributed by atoms with van der Waals surface area (Å²) >= 11 is 10.1. The van der Waals surface area contributed by atoms with Gasteiger partial charge in [0.25, 0.3) is 0 Å². The van der Waals surface area contributed by atoms with Gasteiger partial charge < -0.3 is 41.4 Å². The van der Waals surface area contributed by atoms with Crippen molar-refractivity contribution in [3.05, 3.63) is 133 Å². The van der Waals surface area contributed by atoms with Crippen LogP contribution in [-0.2, 0) is 35.5 Å². The number of nitrogens with zero attached hydrogens (tertiary/aromatic N) is 4. The number of phenols is 2. The highest BCUT2D eigenvalue weighted by atomic mass is 32.1. The molecule has 13 nitrogen and oxygen atoms in total. The average Bonchev–Trinajstić information content (AvgIpc) is 4.02. The highest BCUT2D eigenvalue weighted by molar-refractivity contribution is 7.80. The maximum Gasteiger partial charge on any atom is 0.247 e. The van der Waals surface area contributed by atoms with Gasteiger partial charge in [-0.15, -0.1) is 0 Å². The normalized spacial score (nSPS) is 9.97. The highest BCUT2D eigenvalue weighted by Crippen LogP contribution is 2.26. The van der Waals surface area contributed by atoms with Crippen molar-refractivity contribution in [3.8, 4) is 11.5 Å². The lowest BCUT2D eigenvalue weighted by Crippen LogP contribution is -2.21. The second-order valence-corrected chi connectivity index (χ2v) is 14.0. The zero-order valence-corrected chi connectivity index (χ0v) is 37.5. The quantitative estimate of drug-likeness (QED) is 0.0212. The van der Waals surface area contributed by atoms with E-state index < -0.39 is 0 Å². The molecule has 6 rings (SSSR count). The number of aliphatic imine (C=N–C) groups is 1. The predicted octanol–water partition coefficient (Wildman–Crippen LogP) is 10.1. The van der Waals surface area contributed by atoms with Crippen molar-refractivity contribution in [2.45, 2.75) is 74.4 Å². The van der Waals surface area contributed by atoms with E-state index in [-0.39, 0.29) is 30.7 Å². The first-order valence-corrected chi connectivity index (χ1v) is 20.6. The number of aromatic hydroxyl groups is 2. The first-order chi connectivity index (χ1) is 30.5. The summed E-state index contributed by atoms with van der Waals surface area (Å²) in [4.78, 5) is 44.3. The van der Waals surface area contributed by atoms with Crippen molar-refractivity contribution >= 4 is 79.7 Å². The first kappa shape index (κ1) is 52.8. The fraction of sp³-hybridized carbons (Fsp3) is 0.292. The zero-order valence-electron chi connectivity index (χ0n) is 36.9. The molecule has 0 aliphatic heterocycles. The SMILES string of the molecule is C.C=CC(=O)Nc1cc(CCC(=S)CCc2ccnc3[nH]ccc23)ccc1O.C=CC(=O)Nc1cc(CN)ccc1O.CCN(CC)CC.S=C=NCc1ccnc2[nH]ccc12.[2H]C. The molecule has 8 N–H and O–H groups in total. The van der Waals surface area contributed by atoms with Crippen LogP contribution in [0.2, 0.25) is 0 Å². The van der Waals surface area contributed by atoms with Gasteiger partial charge in [0.2, 0.25) is 11.8 Å². The molecule has 2 amide bonds. The maximum absolute atomic E-state index is 11.4. The van der Waals surface area contributed by atoms with Crippen molar-refractivity contribution in [2.24, 2.45) is 10.7 Å². The lowest BCUT2D eigenvalue weighted by Gasteiger charge is -2.13. The molecule has 336 valence electrons. The van der Waals surface area contributed by atoms with Crippen LogP contribution < -0.4 is 16.4 Å². The number of hydrogen-bond acceptors (Lipinski definition) is 11. The number of aromatic nitrogens is 4. The molecule has 6 aromatic rings. The van der Waals surface area contributed by atoms with Gasteiger partial charge in [-0.1, -0.05) is 73.1 Å². The van der Waals surface area contributed by atoms with E-state index in [0.717, 1.165) is 75.4 Å². The predicted molar refractivity (Wildman–Crippen MR) is 269 cm³/mol. The van der Waals surface area contributed by atoms with Gasteiger partial charge in [0.15, 0.2) is 0 Å². The summed E-state index contributed by atoms with van der Waals surface area (Å²) in [6.07, 6.45) is 12.9. The molecule has 0 saturated heterocycles. The number of isothiocyanates is 1. The van der Waals surface area contributed by atoms with E-state index in [1.54, 1.807) is 30.5 Å². The summed E-state index contributed by atoms with van der Waals surface area (Å²) in [5.74, 6) is -0.678. The monoisotopic (exact) mass is 894 g/mol. The number of carbonyl (C=O) groups is 2. The first-order valence-electron chi connectivity index (χ1n) is 20.8. The Morgan fingerprint density at radius 3 is 1.76 bits per heavy atom. The molecule has 0 bridgehead atoms. The Hall–Kier alpha value is -6.35. The molecule has 2 aromatic carbocycles. The minimum atomic E-state index is -0.366. The van der Waals surface area contributed by atoms with Gasteiger partial charge in [0.05, 0.1) is 23.1 Å². The molecule has 0 aliphatic rings. The molecule has 0 saturated carbocycles. The standard InChI is InChI=1S/C21H21N3O2S.C10H12N2O2.C9H7N3S.C6H15N.2CH4/c1-2-20(26)24-18-13-14(4-8-19(18)25)3-6-16(27)7-5-15-9-11-22-21-17(15)10-12-23-21;1-2-10(14)12-8-5-7(6-11)3-4-9(8)13;13-6-10-5-7-1-3-11-9-8(7)2-4-12-9;1-4-7(5-2)6-3;;/h2,4,8-13,25H,1,3,5-7H2,(H,22,23)(H,24,26);2-5,13H,1,6,11H2,(H,12,14);1-4H,5H2,(H,11,12);4-6H2,1-3H3;2*1H4/i;;;;1D;. The molecular weight excluding hydrogens is 831 g/mol. The number of nitrogens with two attached hydrogens (primary N) is 1. The van der Waals surface area contributed by atoms with Gasteiger partial charge in [-0.2, -0.15) is 0 Å². The molecular formula is C48H63N9O4S2. The molecule has 0 unspecified atom stereocenters. The highest BCUT2D eigenvalue weighted by Gasteiger charge is 2.09. The number of pyridine rings is 2. The van der Waals surface area contributed by atoms with E-state index in [1.807, 2.05) is 48.9 Å². The lowest BCUT2D eigenvalue weighted by atomic mass is 10.0. The number of hydrogen-bond donors (Lipinski definition) is 7. The van der Waals surface area contributed by atoms with Crippen molar-refractivity contribution in [1.29, 1.82) is 0 Å². The van der Waals surface area contributed by atoms with E-state index in [1.165, 1.54) is 44.7 Å². The largest absolute Gasteiger partial charge is 0.506 e. The molecule has 15 heteroatoms. The minimum absolute atomic E-state index is 0. The van der Waals surface area contributed by atoms with Gasteiger partial charge in [0.1, 0.15) is 22.8 Å². The van der Waals surface area contributed by atoms with Gasteiger partial charge >= 0.3 is 0 Å². The molecule has 0 spiro atoms. The number of phenolic OH excluding ortho intramolecular Hbond substituents is 2. The summed E-state index contributed by atoms with van der Waals surface area (Å²) < 4.78 is 5.75. The summed E-state index contributed by atoms with van der Waals surface area (Å²) in [5, 5.41) is 28.9. The van der Waals surface area contributed by atoms with Gasteiger partial charge in [-0.3, -0.25) is 9.59 Å². The number of thiocarbonyl (C=S) groups is 2.